The van der Waals surface area contributed by atoms with Gasteiger partial charge >= 0.3 is 33.3 Å². The number of anilines is 1. The van der Waals surface area contributed by atoms with Gasteiger partial charge in [0.1, 0.15) is 43.1 Å². The number of nitrogens with zero attached hydrogens (tertiary/aromatic N) is 2. The fraction of sp³-hybridized carbons (Fsp3) is 0.808. The predicted molar refractivity (Wildman–Crippen MR) is 283 cm³/mol. The molecule has 3 unspecified atom stereocenters. The average molecular weight is 1120 g/mol. The van der Waals surface area contributed by atoms with Crippen LogP contribution in [0.2, 0.25) is 0 Å². The van der Waals surface area contributed by atoms with Crippen molar-refractivity contribution in [2.75, 3.05) is 25.6 Å². The summed E-state index contributed by atoms with van der Waals surface area (Å²) in [7, 11) is -11.3. The second-order valence-electron chi connectivity index (χ2n) is 20.4. The lowest BCUT2D eigenvalue weighted by Gasteiger charge is -2.36. The number of allylic oxidation sites excluding steroid dienone is 2. The topological polar surface area (TPSA) is 335 Å². The number of aliphatic hydroxyl groups is 5. The van der Waals surface area contributed by atoms with Crippen LogP contribution < -0.4 is 11.4 Å². The van der Waals surface area contributed by atoms with Gasteiger partial charge in [0.15, 0.2) is 12.4 Å². The molecule has 1 fully saturated rings. The first-order chi connectivity index (χ1) is 36.2. The van der Waals surface area contributed by atoms with Crippen molar-refractivity contribution in [3.8, 4) is 0 Å². The first-order valence-corrected chi connectivity index (χ1v) is 30.6. The van der Waals surface area contributed by atoms with E-state index in [4.69, 9.17) is 33.7 Å². The summed E-state index contributed by atoms with van der Waals surface area (Å²) in [5.41, 5.74) is 4.76. The van der Waals surface area contributed by atoms with E-state index in [1.807, 2.05) is 6.92 Å². The predicted octanol–water partition coefficient (Wildman–Crippen LogP) is 7.75. The molecule has 1 aromatic heterocycles. The largest absolute Gasteiger partial charge is 0.481 e. The highest BCUT2D eigenvalue weighted by molar-refractivity contribution is 7.61. The van der Waals surface area contributed by atoms with Crippen LogP contribution in [0.3, 0.4) is 0 Å². The van der Waals surface area contributed by atoms with Crippen molar-refractivity contribution in [3.63, 3.8) is 0 Å². The Balaban J connectivity index is 1.73. The fourth-order valence-electron chi connectivity index (χ4n) is 8.88. The summed E-state index contributed by atoms with van der Waals surface area (Å²) in [5, 5.41) is 56.9. The van der Waals surface area contributed by atoms with Gasteiger partial charge in [-0.2, -0.15) is 9.29 Å². The first-order valence-electron chi connectivity index (χ1n) is 27.6. The zero-order valence-electron chi connectivity index (χ0n) is 45.0. The molecule has 22 nitrogen and oxygen atoms in total. The molecule has 0 aliphatic carbocycles. The third-order valence-electron chi connectivity index (χ3n) is 13.3. The summed E-state index contributed by atoms with van der Waals surface area (Å²) in [4.78, 5) is 64.3. The number of nitrogens with two attached hydrogens (primary N) is 1. The number of phosphoric ester groups is 2. The number of phosphoric acid groups is 2. The van der Waals surface area contributed by atoms with E-state index in [0.29, 0.717) is 19.3 Å². The van der Waals surface area contributed by atoms with Crippen molar-refractivity contribution < 1.29 is 86.3 Å². The van der Waals surface area contributed by atoms with Gasteiger partial charge in [-0.3, -0.25) is 23.2 Å². The van der Waals surface area contributed by atoms with E-state index in [0.717, 1.165) is 55.2 Å². The molecule has 438 valence electrons. The summed E-state index contributed by atoms with van der Waals surface area (Å²) < 4.78 is 64.8. The molecule has 1 aromatic rings. The normalized spacial score (nSPS) is 29.5. The minimum atomic E-state index is -5.73. The van der Waals surface area contributed by atoms with Crippen molar-refractivity contribution in [1.29, 1.82) is 0 Å². The minimum Gasteiger partial charge on any atom is -0.462 e. The Hall–Kier alpha value is -2.92. The molecule has 0 amide bonds. The smallest absolute Gasteiger partial charge is 0.462 e. The number of cyclic esters (lactones) is 1. The lowest BCUT2D eigenvalue weighted by Crippen LogP contribution is -2.49. The number of aliphatic hydroxyl groups excluding tert-OH is 5. The molecular formula is C52H91N3O19P2. The van der Waals surface area contributed by atoms with Gasteiger partial charge in [0.25, 0.3) is 0 Å². The molecular weight excluding hydrogens is 1030 g/mol. The molecule has 3 rings (SSSR count). The number of esters is 2. The van der Waals surface area contributed by atoms with Gasteiger partial charge in [-0.15, -0.1) is 0 Å². The van der Waals surface area contributed by atoms with Crippen molar-refractivity contribution in [3.05, 3.63) is 47.1 Å². The summed E-state index contributed by atoms with van der Waals surface area (Å²) in [6.07, 6.45) is 11.1. The number of aromatic nitrogens is 2. The number of carbonyl (C=O) groups excluding carboxylic acids is 2. The number of nitrogen functional groups attached to an aromatic ring is 1. The zero-order valence-corrected chi connectivity index (χ0v) is 46.8. The maximum absolute atomic E-state index is 13.4. The molecule has 9 N–H and O–H groups in total. The average Bonchev–Trinajstić information content (AvgIpc) is 3.36. The number of hydrogen-bond acceptors (Lipinski definition) is 19. The number of rotatable bonds is 26. The van der Waals surface area contributed by atoms with E-state index in [-0.39, 0.29) is 37.9 Å². The van der Waals surface area contributed by atoms with Crippen LogP contribution in [-0.2, 0) is 51.0 Å². The van der Waals surface area contributed by atoms with Crippen LogP contribution in [0, 0.1) is 11.8 Å². The van der Waals surface area contributed by atoms with Crippen LogP contribution in [0.1, 0.15) is 188 Å². The van der Waals surface area contributed by atoms with Gasteiger partial charge in [-0.05, 0) is 44.1 Å². The van der Waals surface area contributed by atoms with Gasteiger partial charge < -0.3 is 60.0 Å². The number of carbonyl (C=O) groups is 2. The van der Waals surface area contributed by atoms with Crippen LogP contribution in [0.4, 0.5) is 5.82 Å². The van der Waals surface area contributed by atoms with Crippen LogP contribution in [-0.4, -0.2) is 126 Å². The van der Waals surface area contributed by atoms with E-state index in [2.05, 4.69) is 23.1 Å². The Bertz CT molecular complexity index is 2010. The molecule has 0 radical (unpaired) electrons. The highest BCUT2D eigenvalue weighted by Crippen LogP contribution is 2.60. The second kappa shape index (κ2) is 37.1. The maximum atomic E-state index is 13.4. The maximum Gasteiger partial charge on any atom is 0.481 e. The van der Waals surface area contributed by atoms with Crippen molar-refractivity contribution >= 4 is 33.4 Å². The second-order valence-corrected chi connectivity index (χ2v) is 23.5. The summed E-state index contributed by atoms with van der Waals surface area (Å²) in [6, 6.07) is 1.23. The summed E-state index contributed by atoms with van der Waals surface area (Å²) >= 11 is 0. The molecule has 2 bridgehead atoms. The Kier molecular flexibility index (Phi) is 32.9. The molecule has 0 aromatic carbocycles. The molecule has 76 heavy (non-hydrogen) atoms. The van der Waals surface area contributed by atoms with Gasteiger partial charge in [0.05, 0.1) is 25.4 Å². The van der Waals surface area contributed by atoms with Crippen LogP contribution in [0.15, 0.2) is 41.4 Å². The van der Waals surface area contributed by atoms with Gasteiger partial charge in [-0.1, -0.05) is 154 Å². The van der Waals surface area contributed by atoms with E-state index in [1.165, 1.54) is 82.4 Å². The standard InChI is InChI=1S/C52H91N3O19P2/c1-4-5-20-26-39(56)30-31-43-49(61)50(62)44-37-70-76(66,67)74-75(64,65)69-36-40(35-68-46(58)28-23-17-15-13-11-9-7-6-8-10-12-14-16-21-25-38(2)3)71-47(59)29-24-19-18-22-27-41(42(57)34-48(60)72-43)51(73-44)55-33-32-45(53)54-52(55)63/h18,22,30-33,38-44,48-51,56-57,60-62H,4-17,19-21,23-29,34-37H2,1-3H3,(H,64,65)(H,66,67)(H2,53,54,63)/b22-18?,31-30+/t39-,40+,41-,42-,43+,44+,48?,49-,50+,51+/m0/s1. The van der Waals surface area contributed by atoms with Crippen LogP contribution in [0.25, 0.3) is 0 Å². The van der Waals surface area contributed by atoms with Crippen LogP contribution >= 0.6 is 15.6 Å². The monoisotopic (exact) mass is 1120 g/mol. The van der Waals surface area contributed by atoms with Gasteiger partial charge in [0, 0.05) is 31.4 Å². The third kappa shape index (κ3) is 28.3. The SMILES string of the molecule is CCCCC[C@H](O)/C=C/[C@H]1OC(O)C[C@H](O)[C@@H]2CC=CCCCC(=O)O[C@H](COC(=O)CCCCCCCCCCCCCCCCC(C)C)COP(=O)(O)OP(=O)(O)OC[C@@H](O[C@H]2n2ccc(N)nc2=O)[C@@H](O)[C@H]1O. The van der Waals surface area contributed by atoms with Crippen LogP contribution in [0.5, 0.6) is 0 Å². The van der Waals surface area contributed by atoms with Crippen molar-refractivity contribution in [2.24, 2.45) is 11.8 Å². The number of fused-ring (bicyclic) bond motifs is 3. The zero-order chi connectivity index (χ0) is 55.9. The molecule has 1 saturated heterocycles. The van der Waals surface area contributed by atoms with Crippen molar-refractivity contribution in [1.82, 2.24) is 9.55 Å². The Labute approximate surface area is 448 Å². The summed E-state index contributed by atoms with van der Waals surface area (Å²) in [6.45, 7) is 3.77. The number of hydrogen-bond donors (Lipinski definition) is 8. The third-order valence-corrected chi connectivity index (χ3v) is 15.9. The quantitative estimate of drug-likeness (QED) is 0.0190. The number of unbranched alkanes of at least 4 members (excludes halogenated alkanes) is 15. The Morgan fingerprint density at radius 2 is 1.45 bits per heavy atom. The molecule has 12 atom stereocenters. The molecule has 2 aliphatic heterocycles. The van der Waals surface area contributed by atoms with Gasteiger partial charge in [0.2, 0.25) is 0 Å². The van der Waals surface area contributed by atoms with Gasteiger partial charge in [-0.25, -0.2) is 13.9 Å². The molecule has 2 aliphatic rings. The van der Waals surface area contributed by atoms with Crippen molar-refractivity contribution in [2.45, 2.75) is 237 Å². The summed E-state index contributed by atoms with van der Waals surface area (Å²) in [5.74, 6) is -2.05. The van der Waals surface area contributed by atoms with E-state index in [9.17, 15) is 58.8 Å². The van der Waals surface area contributed by atoms with E-state index < -0.39 is 121 Å². The van der Waals surface area contributed by atoms with E-state index in [1.54, 1.807) is 12.2 Å². The first kappa shape index (κ1) is 67.4. The molecule has 0 saturated carbocycles. The molecule has 0 spiro atoms. The number of ether oxygens (including phenoxy) is 4. The Morgan fingerprint density at radius 1 is 0.842 bits per heavy atom. The highest BCUT2D eigenvalue weighted by atomic mass is 31.3. The highest BCUT2D eigenvalue weighted by Gasteiger charge is 2.44. The molecule has 24 heteroatoms. The lowest BCUT2D eigenvalue weighted by atomic mass is 9.92. The molecule has 3 heterocycles. The lowest BCUT2D eigenvalue weighted by molar-refractivity contribution is -0.192. The fourth-order valence-corrected chi connectivity index (χ4v) is 11.0. The minimum absolute atomic E-state index is 0.0772. The Morgan fingerprint density at radius 3 is 2.07 bits per heavy atom. The van der Waals surface area contributed by atoms with E-state index >= 15 is 0 Å².